The number of hydrogen-bond donors (Lipinski definition) is 1. The van der Waals surface area contributed by atoms with Crippen molar-refractivity contribution in [1.82, 2.24) is 0 Å². The maximum atomic E-state index is 13.2. The summed E-state index contributed by atoms with van der Waals surface area (Å²) >= 11 is 5.70. The maximum Gasteiger partial charge on any atom is 0.509 e. The van der Waals surface area contributed by atoms with E-state index in [-0.39, 0.29) is 49.1 Å². The Kier molecular flexibility index (Phi) is 5.95. The number of alkyl halides is 1. The minimum Gasteiger partial charge on any atom is -0.446 e. The van der Waals surface area contributed by atoms with Crippen molar-refractivity contribution in [2.24, 2.45) is 28.6 Å². The molecule has 0 saturated heterocycles. The van der Waals surface area contributed by atoms with Crippen LogP contribution in [0.1, 0.15) is 52.9 Å². The van der Waals surface area contributed by atoms with E-state index in [4.69, 9.17) is 25.8 Å². The van der Waals surface area contributed by atoms with Crippen LogP contribution in [0.4, 0.5) is 4.79 Å². The molecule has 0 aromatic carbocycles. The molecule has 0 amide bonds. The first-order valence-corrected chi connectivity index (χ1v) is 11.9. The summed E-state index contributed by atoms with van der Waals surface area (Å²) in [5, 5.41) is 11.5. The zero-order valence-corrected chi connectivity index (χ0v) is 19.5. The van der Waals surface area contributed by atoms with Gasteiger partial charge in [-0.25, -0.2) is 9.59 Å². The van der Waals surface area contributed by atoms with Crippen molar-refractivity contribution in [3.05, 3.63) is 23.8 Å². The van der Waals surface area contributed by atoms with E-state index in [1.54, 1.807) is 19.1 Å². The second-order valence-electron chi connectivity index (χ2n) is 9.90. The molecule has 0 bridgehead atoms. The zero-order valence-electron chi connectivity index (χ0n) is 18.8. The summed E-state index contributed by atoms with van der Waals surface area (Å²) in [6.45, 7) is 5.77. The number of carbonyl (C=O) groups excluding carboxylic acids is 3. The van der Waals surface area contributed by atoms with Crippen molar-refractivity contribution in [1.29, 1.82) is 0 Å². The van der Waals surface area contributed by atoms with Gasteiger partial charge < -0.3 is 19.3 Å². The predicted octanol–water partition coefficient (Wildman–Crippen LogP) is 3.92. The Balaban J connectivity index is 1.73. The molecule has 7 atom stereocenters. The minimum atomic E-state index is -1.57. The fourth-order valence-corrected chi connectivity index (χ4v) is 7.41. The molecule has 176 valence electrons. The summed E-state index contributed by atoms with van der Waals surface area (Å²) in [7, 11) is 0. The van der Waals surface area contributed by atoms with Crippen LogP contribution in [0, 0.1) is 28.6 Å². The standard InChI is InChI=1S/C24H31ClO7/c1-4-30-21(29)32-24(20(28)31-13-25)10-8-17-16-6-5-14-11-15(26)7-9-22(14,2)19(16)18(27)12-23(17,24)3/h7,9,11,16-19,27H,4-6,8,10,12-13H2,1-3H3/t16-,17-,18-,19+,22-,23-,24+/m1/s1. The Morgan fingerprint density at radius 1 is 1.25 bits per heavy atom. The van der Waals surface area contributed by atoms with Crippen LogP contribution in [0.3, 0.4) is 0 Å². The maximum absolute atomic E-state index is 13.2. The SMILES string of the molecule is CCOC(=O)O[C@]1(C(=O)OCCl)CC[C@@H]2[C@H]3CCC4=CC(=O)C=C[C@@]4(C)[C@@H]3[C@H](O)C[C@]21C. The zero-order chi connectivity index (χ0) is 23.3. The lowest BCUT2D eigenvalue weighted by molar-refractivity contribution is -0.199. The summed E-state index contributed by atoms with van der Waals surface area (Å²) in [5.74, 6) is -0.676. The number of aliphatic hydroxyl groups excluding tert-OH is 1. The first kappa shape index (κ1) is 23.3. The molecular formula is C24H31ClO7. The van der Waals surface area contributed by atoms with Gasteiger partial charge in [-0.2, -0.15) is 0 Å². The smallest absolute Gasteiger partial charge is 0.446 e. The summed E-state index contributed by atoms with van der Waals surface area (Å²) in [4.78, 5) is 37.5. The number of esters is 1. The van der Waals surface area contributed by atoms with Crippen molar-refractivity contribution in [3.63, 3.8) is 0 Å². The third-order valence-corrected chi connectivity index (χ3v) is 8.76. The number of halogens is 1. The van der Waals surface area contributed by atoms with Gasteiger partial charge in [-0.1, -0.05) is 37.1 Å². The van der Waals surface area contributed by atoms with Gasteiger partial charge in [0.2, 0.25) is 5.60 Å². The van der Waals surface area contributed by atoms with E-state index in [0.717, 1.165) is 18.4 Å². The predicted molar refractivity (Wildman–Crippen MR) is 116 cm³/mol. The van der Waals surface area contributed by atoms with Gasteiger partial charge in [-0.05, 0) is 63.0 Å². The number of ether oxygens (including phenoxy) is 3. The van der Waals surface area contributed by atoms with Crippen molar-refractivity contribution in [2.75, 3.05) is 12.7 Å². The molecule has 3 fully saturated rings. The Hall–Kier alpha value is -1.86. The number of hydrogen-bond acceptors (Lipinski definition) is 7. The molecule has 0 heterocycles. The van der Waals surface area contributed by atoms with E-state index in [0.29, 0.717) is 6.42 Å². The molecule has 0 aromatic heterocycles. The Labute approximate surface area is 193 Å². The number of fused-ring (bicyclic) bond motifs is 5. The molecule has 0 spiro atoms. The van der Waals surface area contributed by atoms with E-state index in [2.05, 4.69) is 6.92 Å². The van der Waals surface area contributed by atoms with Crippen LogP contribution in [0.25, 0.3) is 0 Å². The van der Waals surface area contributed by atoms with Crippen molar-refractivity contribution in [3.8, 4) is 0 Å². The molecule has 0 aromatic rings. The molecule has 4 rings (SSSR count). The fraction of sp³-hybridized carbons (Fsp3) is 0.708. The normalized spacial score (nSPS) is 42.3. The van der Waals surface area contributed by atoms with Gasteiger partial charge in [-0.15, -0.1) is 0 Å². The Morgan fingerprint density at radius 2 is 2.00 bits per heavy atom. The molecule has 32 heavy (non-hydrogen) atoms. The number of rotatable bonds is 4. The highest BCUT2D eigenvalue weighted by Crippen LogP contribution is 2.68. The molecule has 1 N–H and O–H groups in total. The van der Waals surface area contributed by atoms with Gasteiger partial charge in [0.15, 0.2) is 11.8 Å². The van der Waals surface area contributed by atoms with Crippen LogP contribution in [0.5, 0.6) is 0 Å². The lowest BCUT2D eigenvalue weighted by atomic mass is 9.46. The Morgan fingerprint density at radius 3 is 2.69 bits per heavy atom. The van der Waals surface area contributed by atoms with Crippen LogP contribution in [0.15, 0.2) is 23.8 Å². The molecule has 7 nitrogen and oxygen atoms in total. The van der Waals surface area contributed by atoms with Gasteiger partial charge >= 0.3 is 12.1 Å². The highest BCUT2D eigenvalue weighted by atomic mass is 35.5. The van der Waals surface area contributed by atoms with Crippen molar-refractivity contribution >= 4 is 29.5 Å². The third-order valence-electron chi connectivity index (χ3n) is 8.65. The van der Waals surface area contributed by atoms with Gasteiger partial charge in [-0.3, -0.25) is 4.79 Å². The Bertz CT molecular complexity index is 882. The van der Waals surface area contributed by atoms with Crippen LogP contribution in [-0.4, -0.2) is 47.4 Å². The number of allylic oxidation sites excluding steroid dienone is 4. The van der Waals surface area contributed by atoms with Gasteiger partial charge in [0, 0.05) is 16.7 Å². The largest absolute Gasteiger partial charge is 0.509 e. The molecule has 8 heteroatoms. The summed E-state index contributed by atoms with van der Waals surface area (Å²) in [6, 6.07) is -0.354. The highest BCUT2D eigenvalue weighted by Gasteiger charge is 2.71. The average molecular weight is 467 g/mol. The van der Waals surface area contributed by atoms with Gasteiger partial charge in [0.05, 0.1) is 12.7 Å². The van der Waals surface area contributed by atoms with Crippen molar-refractivity contribution in [2.45, 2.75) is 64.6 Å². The van der Waals surface area contributed by atoms with Gasteiger partial charge in [0.25, 0.3) is 0 Å². The molecular weight excluding hydrogens is 436 g/mol. The quantitative estimate of drug-likeness (QED) is 0.495. The fourth-order valence-electron chi connectivity index (χ4n) is 7.31. The first-order chi connectivity index (χ1) is 15.1. The molecule has 0 unspecified atom stereocenters. The number of ketones is 1. The van der Waals surface area contributed by atoms with Gasteiger partial charge in [0.1, 0.15) is 0 Å². The summed E-state index contributed by atoms with van der Waals surface area (Å²) in [5.41, 5.74) is -1.76. The minimum absolute atomic E-state index is 0.0161. The van der Waals surface area contributed by atoms with Crippen LogP contribution in [-0.2, 0) is 23.8 Å². The second-order valence-corrected chi connectivity index (χ2v) is 10.1. The highest BCUT2D eigenvalue weighted by molar-refractivity contribution is 6.17. The van der Waals surface area contributed by atoms with E-state index in [9.17, 15) is 19.5 Å². The van der Waals surface area contributed by atoms with Crippen molar-refractivity contribution < 1.29 is 33.7 Å². The lowest BCUT2D eigenvalue weighted by Gasteiger charge is -2.59. The van der Waals surface area contributed by atoms with E-state index < -0.39 is 34.7 Å². The average Bonchev–Trinajstić information content (AvgIpc) is 3.01. The molecule has 3 saturated carbocycles. The number of carbonyl (C=O) groups is 3. The third kappa shape index (κ3) is 3.23. The van der Waals surface area contributed by atoms with Crippen LogP contribution >= 0.6 is 11.6 Å². The van der Waals surface area contributed by atoms with E-state index >= 15 is 0 Å². The van der Waals surface area contributed by atoms with Crippen LogP contribution in [0.2, 0.25) is 0 Å². The van der Waals surface area contributed by atoms with E-state index in [1.807, 2.05) is 13.0 Å². The summed E-state index contributed by atoms with van der Waals surface area (Å²) < 4.78 is 15.9. The first-order valence-electron chi connectivity index (χ1n) is 11.3. The molecule has 4 aliphatic rings. The molecule has 0 aliphatic heterocycles. The number of aliphatic hydroxyl groups is 1. The van der Waals surface area contributed by atoms with Crippen LogP contribution < -0.4 is 0 Å². The topological polar surface area (TPSA) is 99.1 Å². The lowest BCUT2D eigenvalue weighted by Crippen LogP contribution is -2.62. The van der Waals surface area contributed by atoms with E-state index in [1.165, 1.54) is 0 Å². The molecule has 4 aliphatic carbocycles. The molecule has 0 radical (unpaired) electrons. The summed E-state index contributed by atoms with van der Waals surface area (Å²) in [6.07, 6.45) is 6.31. The monoisotopic (exact) mass is 466 g/mol. The second kappa shape index (κ2) is 8.17.